The van der Waals surface area contributed by atoms with Crippen LogP contribution in [0.1, 0.15) is 12.1 Å². The third-order valence-electron chi connectivity index (χ3n) is 4.26. The molecule has 0 spiro atoms. The minimum Gasteiger partial charge on any atom is -0.343 e. The Morgan fingerprint density at radius 2 is 1.93 bits per heavy atom. The van der Waals surface area contributed by atoms with Gasteiger partial charge in [0.05, 0.1) is 28.5 Å². The lowest BCUT2D eigenvalue weighted by molar-refractivity contribution is -0.151. The van der Waals surface area contributed by atoms with Crippen molar-refractivity contribution in [3.8, 4) is 11.3 Å². The molecule has 2 aliphatic heterocycles. The number of halogens is 5. The van der Waals surface area contributed by atoms with Crippen LogP contribution in [0.2, 0.25) is 10.0 Å². The molecule has 0 unspecified atom stereocenters. The van der Waals surface area contributed by atoms with Crippen LogP contribution in [0, 0.1) is 0 Å². The highest BCUT2D eigenvalue weighted by Crippen LogP contribution is 2.38. The standard InChI is InChI=1S/C17H11Cl2F3N2O3S/c18-8-2-1-7(3-9(8)19)10-4-14(17(20,21)22)24-16(23-10)28-13-5-11(25)15-26-6-12(13)27-15/h1-4,12-13,15H,5-6H2/t12-,13+,15+/m1/s1. The average molecular weight is 451 g/mol. The molecule has 148 valence electrons. The van der Waals surface area contributed by atoms with Gasteiger partial charge in [-0.1, -0.05) is 41.0 Å². The van der Waals surface area contributed by atoms with Gasteiger partial charge in [0.15, 0.2) is 10.9 Å². The van der Waals surface area contributed by atoms with Crippen molar-refractivity contribution in [2.75, 3.05) is 6.61 Å². The predicted molar refractivity (Wildman–Crippen MR) is 96.4 cm³/mol. The molecule has 0 aliphatic carbocycles. The van der Waals surface area contributed by atoms with Gasteiger partial charge in [0.2, 0.25) is 6.29 Å². The van der Waals surface area contributed by atoms with Crippen LogP contribution >= 0.6 is 35.0 Å². The molecule has 2 aromatic rings. The Morgan fingerprint density at radius 1 is 1.14 bits per heavy atom. The van der Waals surface area contributed by atoms with E-state index in [-0.39, 0.29) is 39.7 Å². The summed E-state index contributed by atoms with van der Waals surface area (Å²) in [6, 6.07) is 5.28. The molecule has 0 amide bonds. The van der Waals surface area contributed by atoms with E-state index in [4.69, 9.17) is 32.7 Å². The fourth-order valence-corrected chi connectivity index (χ4v) is 4.30. The van der Waals surface area contributed by atoms with E-state index < -0.39 is 29.5 Å². The van der Waals surface area contributed by atoms with Crippen LogP contribution in [0.25, 0.3) is 11.3 Å². The van der Waals surface area contributed by atoms with Crippen molar-refractivity contribution in [2.45, 2.75) is 35.4 Å². The molecular formula is C17H11Cl2F3N2O3S. The molecule has 11 heteroatoms. The smallest absolute Gasteiger partial charge is 0.343 e. The maximum absolute atomic E-state index is 13.4. The van der Waals surface area contributed by atoms with E-state index in [0.717, 1.165) is 17.8 Å². The van der Waals surface area contributed by atoms with Gasteiger partial charge in [-0.15, -0.1) is 0 Å². The molecule has 2 bridgehead atoms. The van der Waals surface area contributed by atoms with Gasteiger partial charge in [-0.2, -0.15) is 13.2 Å². The number of benzene rings is 1. The monoisotopic (exact) mass is 450 g/mol. The second-order valence-electron chi connectivity index (χ2n) is 6.21. The number of fused-ring (bicyclic) bond motifs is 2. The summed E-state index contributed by atoms with van der Waals surface area (Å²) in [5.41, 5.74) is -0.675. The zero-order valence-electron chi connectivity index (χ0n) is 13.9. The second kappa shape index (κ2) is 7.46. The van der Waals surface area contributed by atoms with Gasteiger partial charge >= 0.3 is 6.18 Å². The molecule has 28 heavy (non-hydrogen) atoms. The summed E-state index contributed by atoms with van der Waals surface area (Å²) in [6.45, 7) is 0.201. The largest absolute Gasteiger partial charge is 0.433 e. The fraction of sp³-hybridized carbons (Fsp3) is 0.353. The molecule has 5 nitrogen and oxygen atoms in total. The van der Waals surface area contributed by atoms with Crippen LogP contribution in [-0.4, -0.2) is 40.0 Å². The van der Waals surface area contributed by atoms with Crippen LogP contribution in [0.5, 0.6) is 0 Å². The summed E-state index contributed by atoms with van der Waals surface area (Å²) in [7, 11) is 0. The van der Waals surface area contributed by atoms with E-state index in [2.05, 4.69) is 9.97 Å². The predicted octanol–water partition coefficient (Wildman–Crippen LogP) is 4.64. The molecule has 2 saturated heterocycles. The van der Waals surface area contributed by atoms with Gasteiger partial charge < -0.3 is 9.47 Å². The number of thioether (sulfide) groups is 1. The molecule has 3 atom stereocenters. The van der Waals surface area contributed by atoms with E-state index in [1.807, 2.05) is 0 Å². The highest BCUT2D eigenvalue weighted by molar-refractivity contribution is 7.99. The second-order valence-corrected chi connectivity index (χ2v) is 8.23. The Bertz CT molecular complexity index is 944. The normalized spacial score (nSPS) is 24.6. The van der Waals surface area contributed by atoms with Gasteiger partial charge in [0, 0.05) is 17.2 Å². The first-order chi connectivity index (χ1) is 13.2. The third kappa shape index (κ3) is 3.99. The minimum atomic E-state index is -4.66. The Kier molecular flexibility index (Phi) is 5.30. The number of rotatable bonds is 3. The van der Waals surface area contributed by atoms with Crippen molar-refractivity contribution < 1.29 is 27.4 Å². The summed E-state index contributed by atoms with van der Waals surface area (Å²) in [6.07, 6.45) is -5.83. The lowest BCUT2D eigenvalue weighted by atomic mass is 10.1. The molecule has 0 radical (unpaired) electrons. The molecule has 0 saturated carbocycles. The van der Waals surface area contributed by atoms with Crippen molar-refractivity contribution in [2.24, 2.45) is 0 Å². The fourth-order valence-electron chi connectivity index (χ4n) is 2.89. The van der Waals surface area contributed by atoms with Gasteiger partial charge in [0.25, 0.3) is 0 Å². The lowest BCUT2D eigenvalue weighted by Crippen LogP contribution is -2.37. The summed E-state index contributed by atoms with van der Waals surface area (Å²) < 4.78 is 50.7. The van der Waals surface area contributed by atoms with Crippen molar-refractivity contribution in [1.29, 1.82) is 0 Å². The Hall–Kier alpha value is -1.39. The van der Waals surface area contributed by atoms with Crippen LogP contribution < -0.4 is 0 Å². The first-order valence-corrected chi connectivity index (χ1v) is 9.72. The number of alkyl halides is 3. The Morgan fingerprint density at radius 3 is 2.64 bits per heavy atom. The van der Waals surface area contributed by atoms with Crippen LogP contribution in [0.15, 0.2) is 29.4 Å². The van der Waals surface area contributed by atoms with Gasteiger partial charge in [-0.25, -0.2) is 9.97 Å². The van der Waals surface area contributed by atoms with Gasteiger partial charge in [-0.3, -0.25) is 4.79 Å². The molecular weight excluding hydrogens is 440 g/mol. The quantitative estimate of drug-likeness (QED) is 0.634. The van der Waals surface area contributed by atoms with E-state index in [1.165, 1.54) is 18.2 Å². The average Bonchev–Trinajstić information content (AvgIpc) is 3.07. The molecule has 2 fully saturated rings. The van der Waals surface area contributed by atoms with Gasteiger partial charge in [0.1, 0.15) is 5.69 Å². The highest BCUT2D eigenvalue weighted by Gasteiger charge is 2.44. The molecule has 4 rings (SSSR count). The number of carbonyl (C=O) groups is 1. The lowest BCUT2D eigenvalue weighted by Gasteiger charge is -2.25. The molecule has 1 aromatic heterocycles. The van der Waals surface area contributed by atoms with Crippen LogP contribution in [0.3, 0.4) is 0 Å². The van der Waals surface area contributed by atoms with E-state index in [0.29, 0.717) is 5.56 Å². The number of carbonyl (C=O) groups excluding carboxylic acids is 1. The van der Waals surface area contributed by atoms with Crippen LogP contribution in [-0.2, 0) is 20.4 Å². The number of nitrogens with zero attached hydrogens (tertiary/aromatic N) is 2. The minimum absolute atomic E-state index is 0.0481. The maximum Gasteiger partial charge on any atom is 0.433 e. The van der Waals surface area contributed by atoms with Crippen molar-refractivity contribution >= 4 is 40.7 Å². The Balaban J connectivity index is 1.70. The van der Waals surface area contributed by atoms with Gasteiger partial charge in [-0.05, 0) is 18.2 Å². The zero-order valence-corrected chi connectivity index (χ0v) is 16.2. The number of hydrogen-bond acceptors (Lipinski definition) is 6. The number of ketones is 1. The van der Waals surface area contributed by atoms with E-state index >= 15 is 0 Å². The van der Waals surface area contributed by atoms with Crippen molar-refractivity contribution in [3.05, 3.63) is 40.0 Å². The SMILES string of the molecule is O=C1C[C@H](Sc2nc(-c3ccc(Cl)c(Cl)c3)cc(C(F)(F)F)n2)[C@H]2CO[C@H]1O2. The molecule has 1 aromatic carbocycles. The summed E-state index contributed by atoms with van der Waals surface area (Å²) in [5, 5.41) is -0.0706. The number of Topliss-reactive ketones (excluding diaryl/α,β-unsaturated/α-hetero) is 1. The first-order valence-electron chi connectivity index (χ1n) is 8.09. The van der Waals surface area contributed by atoms with Crippen molar-refractivity contribution in [1.82, 2.24) is 9.97 Å². The molecule has 0 N–H and O–H groups in total. The number of ether oxygens (including phenoxy) is 2. The summed E-state index contributed by atoms with van der Waals surface area (Å²) in [4.78, 5) is 19.8. The molecule has 2 aliphatic rings. The van der Waals surface area contributed by atoms with E-state index in [1.54, 1.807) is 0 Å². The van der Waals surface area contributed by atoms with E-state index in [9.17, 15) is 18.0 Å². The summed E-state index contributed by atoms with van der Waals surface area (Å²) in [5.74, 6) is -0.247. The number of hydrogen-bond donors (Lipinski definition) is 0. The zero-order chi connectivity index (χ0) is 20.1. The highest BCUT2D eigenvalue weighted by atomic mass is 35.5. The maximum atomic E-state index is 13.4. The third-order valence-corrected chi connectivity index (χ3v) is 6.16. The first kappa shape index (κ1) is 19.9. The number of aromatic nitrogens is 2. The van der Waals surface area contributed by atoms with Crippen molar-refractivity contribution in [3.63, 3.8) is 0 Å². The molecule has 3 heterocycles. The Labute approximate surface area is 171 Å². The van der Waals surface area contributed by atoms with Crippen LogP contribution in [0.4, 0.5) is 13.2 Å². The summed E-state index contributed by atoms with van der Waals surface area (Å²) >= 11 is 12.8. The topological polar surface area (TPSA) is 61.3 Å².